The number of hydrogen-bond acceptors (Lipinski definition) is 3. The largest absolute Gasteiger partial charge is 0.484 e. The molecule has 0 bridgehead atoms. The van der Waals surface area contributed by atoms with E-state index in [4.69, 9.17) is 4.74 Å². The highest BCUT2D eigenvalue weighted by Crippen LogP contribution is 2.14. The lowest BCUT2D eigenvalue weighted by Gasteiger charge is -2.04. The standard InChI is InChI=1S/C13H20N4O/c1-5-11-6-12(16(4)15-11)9-18-13-7-14-17(8-13)10(2)3/h6-8,10H,5,9H2,1-4H3. The Morgan fingerprint density at radius 2 is 2.17 bits per heavy atom. The van der Waals surface area contributed by atoms with E-state index in [9.17, 15) is 0 Å². The van der Waals surface area contributed by atoms with Gasteiger partial charge in [-0.25, -0.2) is 0 Å². The van der Waals surface area contributed by atoms with Crippen molar-refractivity contribution >= 4 is 0 Å². The number of rotatable bonds is 5. The molecule has 0 saturated heterocycles. The van der Waals surface area contributed by atoms with Crippen molar-refractivity contribution < 1.29 is 4.74 Å². The van der Waals surface area contributed by atoms with Gasteiger partial charge in [-0.1, -0.05) is 6.92 Å². The molecule has 0 N–H and O–H groups in total. The Kier molecular flexibility index (Phi) is 3.69. The lowest BCUT2D eigenvalue weighted by atomic mass is 10.3. The Labute approximate surface area is 107 Å². The quantitative estimate of drug-likeness (QED) is 0.815. The number of hydrogen-bond donors (Lipinski definition) is 0. The van der Waals surface area contributed by atoms with E-state index in [0.717, 1.165) is 23.6 Å². The van der Waals surface area contributed by atoms with Crippen LogP contribution in [0.5, 0.6) is 5.75 Å². The zero-order valence-corrected chi connectivity index (χ0v) is 11.4. The van der Waals surface area contributed by atoms with Crippen molar-refractivity contribution in [2.45, 2.75) is 39.8 Å². The first-order valence-corrected chi connectivity index (χ1v) is 6.29. The van der Waals surface area contributed by atoms with E-state index in [2.05, 4.69) is 37.0 Å². The third-order valence-corrected chi connectivity index (χ3v) is 2.88. The van der Waals surface area contributed by atoms with Gasteiger partial charge in [0.2, 0.25) is 0 Å². The third-order valence-electron chi connectivity index (χ3n) is 2.88. The molecule has 18 heavy (non-hydrogen) atoms. The third kappa shape index (κ3) is 2.72. The van der Waals surface area contributed by atoms with Gasteiger partial charge in [-0.2, -0.15) is 10.2 Å². The molecule has 0 atom stereocenters. The second-order valence-electron chi connectivity index (χ2n) is 4.64. The van der Waals surface area contributed by atoms with Gasteiger partial charge in [0.25, 0.3) is 0 Å². The van der Waals surface area contributed by atoms with Crippen LogP contribution in [0.15, 0.2) is 18.5 Å². The Morgan fingerprint density at radius 1 is 1.39 bits per heavy atom. The van der Waals surface area contributed by atoms with E-state index in [1.54, 1.807) is 6.20 Å². The molecule has 2 aromatic rings. The van der Waals surface area contributed by atoms with Gasteiger partial charge in [0.05, 0.1) is 23.8 Å². The van der Waals surface area contributed by atoms with Crippen LogP contribution in [-0.2, 0) is 20.1 Å². The van der Waals surface area contributed by atoms with Gasteiger partial charge in [0.1, 0.15) is 6.61 Å². The summed E-state index contributed by atoms with van der Waals surface area (Å²) in [6, 6.07) is 2.43. The highest BCUT2D eigenvalue weighted by Gasteiger charge is 2.06. The number of nitrogens with zero attached hydrogens (tertiary/aromatic N) is 4. The van der Waals surface area contributed by atoms with Gasteiger partial charge >= 0.3 is 0 Å². The van der Waals surface area contributed by atoms with Gasteiger partial charge in [0, 0.05) is 13.1 Å². The summed E-state index contributed by atoms with van der Waals surface area (Å²) < 4.78 is 9.47. The fourth-order valence-corrected chi connectivity index (χ4v) is 1.71. The van der Waals surface area contributed by atoms with Crippen LogP contribution < -0.4 is 4.74 Å². The molecule has 0 spiro atoms. The summed E-state index contributed by atoms with van der Waals surface area (Å²) in [6.45, 7) is 6.80. The maximum atomic E-state index is 5.72. The van der Waals surface area contributed by atoms with Gasteiger partial charge < -0.3 is 4.74 Å². The molecule has 5 heteroatoms. The summed E-state index contributed by atoms with van der Waals surface area (Å²) >= 11 is 0. The molecular formula is C13H20N4O. The maximum absolute atomic E-state index is 5.72. The molecule has 0 aliphatic carbocycles. The molecule has 0 unspecified atom stereocenters. The highest BCUT2D eigenvalue weighted by atomic mass is 16.5. The maximum Gasteiger partial charge on any atom is 0.157 e. The first-order valence-electron chi connectivity index (χ1n) is 6.29. The molecule has 0 aliphatic rings. The normalized spacial score (nSPS) is 11.2. The zero-order valence-electron chi connectivity index (χ0n) is 11.4. The number of aryl methyl sites for hydroxylation is 2. The molecule has 0 saturated carbocycles. The summed E-state index contributed by atoms with van der Waals surface area (Å²) in [7, 11) is 1.94. The first kappa shape index (κ1) is 12.7. The van der Waals surface area contributed by atoms with Crippen LogP contribution in [0.4, 0.5) is 0 Å². The summed E-state index contributed by atoms with van der Waals surface area (Å²) in [5.41, 5.74) is 2.16. The predicted molar refractivity (Wildman–Crippen MR) is 69.5 cm³/mol. The van der Waals surface area contributed by atoms with E-state index in [0.29, 0.717) is 12.6 Å². The monoisotopic (exact) mass is 248 g/mol. The Balaban J connectivity index is 1.99. The molecule has 5 nitrogen and oxygen atoms in total. The second kappa shape index (κ2) is 5.25. The minimum Gasteiger partial charge on any atom is -0.484 e. The second-order valence-corrected chi connectivity index (χ2v) is 4.64. The summed E-state index contributed by atoms with van der Waals surface area (Å²) in [5.74, 6) is 0.794. The predicted octanol–water partition coefficient (Wildman–Crippen LogP) is 2.34. The van der Waals surface area contributed by atoms with E-state index >= 15 is 0 Å². The molecule has 2 rings (SSSR count). The van der Waals surface area contributed by atoms with Crippen molar-refractivity contribution in [2.75, 3.05) is 0 Å². The lowest BCUT2D eigenvalue weighted by molar-refractivity contribution is 0.294. The molecule has 0 aromatic carbocycles. The molecule has 0 amide bonds. The average Bonchev–Trinajstić information content (AvgIpc) is 2.93. The van der Waals surface area contributed by atoms with E-state index < -0.39 is 0 Å². The van der Waals surface area contributed by atoms with Crippen LogP contribution in [0.2, 0.25) is 0 Å². The van der Waals surface area contributed by atoms with Crippen molar-refractivity contribution in [3.05, 3.63) is 29.8 Å². The summed E-state index contributed by atoms with van der Waals surface area (Å²) in [6.07, 6.45) is 4.61. The van der Waals surface area contributed by atoms with Crippen molar-refractivity contribution in [1.29, 1.82) is 0 Å². The highest BCUT2D eigenvalue weighted by molar-refractivity contribution is 5.14. The first-order chi connectivity index (χ1) is 8.60. The Morgan fingerprint density at radius 3 is 2.72 bits per heavy atom. The fraction of sp³-hybridized carbons (Fsp3) is 0.538. The van der Waals surface area contributed by atoms with Crippen LogP contribution in [0.25, 0.3) is 0 Å². The minimum absolute atomic E-state index is 0.353. The smallest absolute Gasteiger partial charge is 0.157 e. The van der Waals surface area contributed by atoms with E-state index in [1.165, 1.54) is 0 Å². The van der Waals surface area contributed by atoms with Crippen LogP contribution in [0, 0.1) is 0 Å². The molecule has 0 aliphatic heterocycles. The average molecular weight is 248 g/mol. The Bertz CT molecular complexity index is 513. The fourth-order valence-electron chi connectivity index (χ4n) is 1.71. The summed E-state index contributed by atoms with van der Waals surface area (Å²) in [4.78, 5) is 0. The van der Waals surface area contributed by atoms with Gasteiger partial charge in [-0.3, -0.25) is 9.36 Å². The molecule has 2 heterocycles. The number of aromatic nitrogens is 4. The van der Waals surface area contributed by atoms with Crippen LogP contribution >= 0.6 is 0 Å². The van der Waals surface area contributed by atoms with Gasteiger partial charge in [-0.15, -0.1) is 0 Å². The lowest BCUT2D eigenvalue weighted by Crippen LogP contribution is -2.03. The molecule has 98 valence electrons. The molecule has 2 aromatic heterocycles. The van der Waals surface area contributed by atoms with Gasteiger partial charge in [-0.05, 0) is 26.3 Å². The van der Waals surface area contributed by atoms with Crippen molar-refractivity contribution in [1.82, 2.24) is 19.6 Å². The van der Waals surface area contributed by atoms with Crippen molar-refractivity contribution in [3.8, 4) is 5.75 Å². The van der Waals surface area contributed by atoms with Gasteiger partial charge in [0.15, 0.2) is 5.75 Å². The van der Waals surface area contributed by atoms with Crippen molar-refractivity contribution in [2.24, 2.45) is 7.05 Å². The molecule has 0 fully saturated rings. The minimum atomic E-state index is 0.353. The molecular weight excluding hydrogens is 228 g/mol. The van der Waals surface area contributed by atoms with Crippen LogP contribution in [0.3, 0.4) is 0 Å². The SMILES string of the molecule is CCc1cc(COc2cnn(C(C)C)c2)n(C)n1. The van der Waals surface area contributed by atoms with Crippen LogP contribution in [0.1, 0.15) is 38.2 Å². The molecule has 0 radical (unpaired) electrons. The zero-order chi connectivity index (χ0) is 13.1. The topological polar surface area (TPSA) is 44.9 Å². The van der Waals surface area contributed by atoms with E-state index in [-0.39, 0.29) is 0 Å². The Hall–Kier alpha value is -1.78. The summed E-state index contributed by atoms with van der Waals surface area (Å²) in [5, 5.41) is 8.63. The van der Waals surface area contributed by atoms with Crippen molar-refractivity contribution in [3.63, 3.8) is 0 Å². The number of ether oxygens (including phenoxy) is 1. The van der Waals surface area contributed by atoms with Crippen LogP contribution in [-0.4, -0.2) is 19.6 Å². The van der Waals surface area contributed by atoms with E-state index in [1.807, 2.05) is 22.6 Å².